The Kier molecular flexibility index (Phi) is 72.0. The lowest BCUT2D eigenvalue weighted by atomic mass is 10.0. The van der Waals surface area contributed by atoms with Crippen molar-refractivity contribution in [2.75, 3.05) is 47.5 Å². The Morgan fingerprint density at radius 3 is 0.905 bits per heavy atom. The zero-order valence-corrected chi connectivity index (χ0v) is 62.5. The highest BCUT2D eigenvalue weighted by atomic mass is 16.7. The van der Waals surface area contributed by atoms with Crippen LogP contribution in [0.1, 0.15) is 348 Å². The van der Waals surface area contributed by atoms with Gasteiger partial charge in [0.2, 0.25) is 0 Å². The minimum absolute atomic E-state index is 0.141. The average molecular weight is 1330 g/mol. The molecule has 0 radical (unpaired) electrons. The van der Waals surface area contributed by atoms with E-state index in [1.54, 1.807) is 0 Å². The van der Waals surface area contributed by atoms with Gasteiger partial charge in [0, 0.05) is 12.8 Å². The van der Waals surface area contributed by atoms with Gasteiger partial charge in [-0.3, -0.25) is 9.59 Å². The molecule has 0 saturated carbocycles. The van der Waals surface area contributed by atoms with Crippen LogP contribution in [0.4, 0.5) is 0 Å². The number of quaternary nitrogens is 1. The summed E-state index contributed by atoms with van der Waals surface area (Å²) >= 11 is 0. The van der Waals surface area contributed by atoms with Crippen molar-refractivity contribution in [3.8, 4) is 0 Å². The second kappa shape index (κ2) is 75.5. The maximum absolute atomic E-state index is 13.0. The summed E-state index contributed by atoms with van der Waals surface area (Å²) in [5.74, 6) is -2.29. The molecule has 0 aromatic rings. The molecule has 546 valence electrons. The van der Waals surface area contributed by atoms with Crippen LogP contribution >= 0.6 is 0 Å². The fourth-order valence-electron chi connectivity index (χ4n) is 11.2. The van der Waals surface area contributed by atoms with Crippen LogP contribution in [0, 0.1) is 0 Å². The molecule has 0 aromatic heterocycles. The van der Waals surface area contributed by atoms with Crippen molar-refractivity contribution in [1.82, 2.24) is 0 Å². The monoisotopic (exact) mass is 1320 g/mol. The molecule has 0 amide bonds. The van der Waals surface area contributed by atoms with Crippen LogP contribution in [0.3, 0.4) is 0 Å². The maximum atomic E-state index is 13.0. The molecule has 9 heteroatoms. The van der Waals surface area contributed by atoms with Crippen LogP contribution < -0.4 is 5.11 Å². The first-order chi connectivity index (χ1) is 46.6. The van der Waals surface area contributed by atoms with Crippen LogP contribution in [0.25, 0.3) is 0 Å². The Balaban J connectivity index is 4.08. The molecule has 0 aliphatic carbocycles. The number of rotatable bonds is 73. The first-order valence-corrected chi connectivity index (χ1v) is 39.7. The van der Waals surface area contributed by atoms with Gasteiger partial charge in [0.25, 0.3) is 0 Å². The summed E-state index contributed by atoms with van der Waals surface area (Å²) in [6.45, 7) is 4.65. The van der Waals surface area contributed by atoms with Crippen molar-refractivity contribution in [3.63, 3.8) is 0 Å². The highest BCUT2D eigenvalue weighted by Gasteiger charge is 2.22. The SMILES string of the molecule is CC/C=C\C/C=C\C/C=C\C/C=C\C/C=C\C/C=C\C/C=C\C/C=C\C/C=C\CCCCCCCCCC(=O)OC(COC(=O)CCCCCCCCCCCCCCCCCCCCCCCCC/C=C\CCCCCCCCCC)COC(OCC[N+](C)(C)C)C(=O)[O-]. The number of unbranched alkanes of at least 4 members (excludes halogenated alkanes) is 38. The van der Waals surface area contributed by atoms with Gasteiger partial charge in [-0.15, -0.1) is 0 Å². The molecule has 0 aromatic carbocycles. The third-order valence-electron chi connectivity index (χ3n) is 17.2. The summed E-state index contributed by atoms with van der Waals surface area (Å²) in [5, 5.41) is 11.9. The fraction of sp³-hybridized carbons (Fsp3) is 0.733. The predicted molar refractivity (Wildman–Crippen MR) is 407 cm³/mol. The number of carboxylic acid groups (broad SMARTS) is 1. The molecular formula is C86H149NO8. The third kappa shape index (κ3) is 76.9. The second-order valence-electron chi connectivity index (χ2n) is 27.6. The summed E-state index contributed by atoms with van der Waals surface area (Å²) in [4.78, 5) is 37.6. The molecule has 0 N–H and O–H groups in total. The quantitative estimate of drug-likeness (QED) is 0.0195. The molecule has 0 bridgehead atoms. The molecule has 95 heavy (non-hydrogen) atoms. The zero-order chi connectivity index (χ0) is 69.0. The van der Waals surface area contributed by atoms with E-state index in [1.807, 2.05) is 21.1 Å². The molecule has 0 saturated heterocycles. The number of aliphatic carboxylic acids is 1. The van der Waals surface area contributed by atoms with E-state index < -0.39 is 24.3 Å². The number of nitrogens with zero attached hydrogens (tertiary/aromatic N) is 1. The van der Waals surface area contributed by atoms with Crippen molar-refractivity contribution in [2.45, 2.75) is 360 Å². The van der Waals surface area contributed by atoms with Gasteiger partial charge in [0.15, 0.2) is 12.4 Å². The van der Waals surface area contributed by atoms with Gasteiger partial charge in [0.1, 0.15) is 13.2 Å². The highest BCUT2D eigenvalue weighted by molar-refractivity contribution is 5.70. The third-order valence-corrected chi connectivity index (χ3v) is 17.2. The number of carbonyl (C=O) groups is 3. The lowest BCUT2D eigenvalue weighted by molar-refractivity contribution is -0.870. The van der Waals surface area contributed by atoms with Crippen molar-refractivity contribution >= 4 is 17.9 Å². The van der Waals surface area contributed by atoms with Gasteiger partial charge in [-0.1, -0.05) is 347 Å². The highest BCUT2D eigenvalue weighted by Crippen LogP contribution is 2.18. The van der Waals surface area contributed by atoms with E-state index in [1.165, 1.54) is 212 Å². The van der Waals surface area contributed by atoms with Crippen LogP contribution in [-0.4, -0.2) is 82.3 Å². The molecule has 0 fully saturated rings. The largest absolute Gasteiger partial charge is 0.545 e. The van der Waals surface area contributed by atoms with Gasteiger partial charge in [-0.05, 0) is 109 Å². The number of hydrogen-bond donors (Lipinski definition) is 0. The van der Waals surface area contributed by atoms with Gasteiger partial charge in [-0.25, -0.2) is 0 Å². The number of hydrogen-bond acceptors (Lipinski definition) is 8. The van der Waals surface area contributed by atoms with E-state index in [9.17, 15) is 19.5 Å². The Labute approximate surface area is 587 Å². The van der Waals surface area contributed by atoms with Gasteiger partial charge >= 0.3 is 11.9 Å². The Morgan fingerprint density at radius 1 is 0.326 bits per heavy atom. The minimum Gasteiger partial charge on any atom is -0.545 e. The maximum Gasteiger partial charge on any atom is 0.306 e. The van der Waals surface area contributed by atoms with E-state index >= 15 is 0 Å². The van der Waals surface area contributed by atoms with E-state index in [4.69, 9.17) is 18.9 Å². The molecule has 0 spiro atoms. The van der Waals surface area contributed by atoms with Crippen molar-refractivity contribution in [2.24, 2.45) is 0 Å². The number of allylic oxidation sites excluding steroid dienone is 20. The smallest absolute Gasteiger partial charge is 0.306 e. The van der Waals surface area contributed by atoms with E-state index in [-0.39, 0.29) is 38.6 Å². The van der Waals surface area contributed by atoms with Crippen LogP contribution in [-0.2, 0) is 33.3 Å². The molecule has 0 heterocycles. The molecule has 2 atom stereocenters. The normalized spacial score (nSPS) is 13.3. The number of ether oxygens (including phenoxy) is 4. The number of likely N-dealkylation sites (N-methyl/N-ethyl adjacent to an activating group) is 1. The number of carboxylic acids is 1. The summed E-state index contributed by atoms with van der Waals surface area (Å²) < 4.78 is 22.8. The van der Waals surface area contributed by atoms with Gasteiger partial charge in [0.05, 0.1) is 40.3 Å². The summed E-state index contributed by atoms with van der Waals surface area (Å²) in [6, 6.07) is 0. The molecule has 0 aliphatic heterocycles. The first kappa shape index (κ1) is 90.7. The summed E-state index contributed by atoms with van der Waals surface area (Å²) in [7, 11) is 5.93. The minimum atomic E-state index is -1.63. The van der Waals surface area contributed by atoms with E-state index in [2.05, 4.69) is 135 Å². The zero-order valence-electron chi connectivity index (χ0n) is 62.5. The molecule has 0 aliphatic rings. The summed E-state index contributed by atoms with van der Waals surface area (Å²) in [5.41, 5.74) is 0. The molecule has 9 nitrogen and oxygen atoms in total. The van der Waals surface area contributed by atoms with Crippen LogP contribution in [0.5, 0.6) is 0 Å². The topological polar surface area (TPSA) is 111 Å². The number of carbonyl (C=O) groups excluding carboxylic acids is 3. The molecule has 2 unspecified atom stereocenters. The number of esters is 2. The standard InChI is InChI=1S/C86H149NO8/c1-6-8-10-12-14-16-18-20-22-24-26-28-30-32-34-36-38-40-42-44-46-48-50-52-54-56-58-60-62-64-66-68-70-72-74-76-83(88)93-80-82(81-94-86(85(90)91)92-79-78-87(3,4)5)95-84(89)77-75-73-71-69-67-65-63-61-59-57-55-53-51-49-47-45-43-41-39-37-35-33-31-29-27-25-23-21-19-17-15-13-11-9-7-2/h9,11,15,17,21,23-24,26-27,29,33,35,39,41,45,47,51,53,57,59,82,86H,6-8,10,12-14,16,18-20,22,25,28,30-32,34,36-38,40,42-44,46,48-50,52,54-56,58,60-81H2,1-5H3/b11-9-,17-15-,23-21-,26-24-,29-27-,35-33-,41-39-,47-45-,53-51-,59-57-. The summed E-state index contributed by atoms with van der Waals surface area (Å²) in [6.07, 6.45) is 105. The molecule has 0 rings (SSSR count). The second-order valence-corrected chi connectivity index (χ2v) is 27.6. The van der Waals surface area contributed by atoms with E-state index in [0.717, 1.165) is 103 Å². The Morgan fingerprint density at radius 2 is 0.600 bits per heavy atom. The average Bonchev–Trinajstić information content (AvgIpc) is 3.58. The van der Waals surface area contributed by atoms with Gasteiger partial charge < -0.3 is 33.3 Å². The molecular weight excluding hydrogens is 1170 g/mol. The Bertz CT molecular complexity index is 1980. The lowest BCUT2D eigenvalue weighted by Gasteiger charge is -2.26. The van der Waals surface area contributed by atoms with Crippen molar-refractivity contribution < 1.29 is 42.9 Å². The van der Waals surface area contributed by atoms with E-state index in [0.29, 0.717) is 17.4 Å². The van der Waals surface area contributed by atoms with Crippen molar-refractivity contribution in [1.29, 1.82) is 0 Å². The van der Waals surface area contributed by atoms with Gasteiger partial charge in [-0.2, -0.15) is 0 Å². The van der Waals surface area contributed by atoms with Crippen molar-refractivity contribution in [3.05, 3.63) is 122 Å². The van der Waals surface area contributed by atoms with Crippen LogP contribution in [0.2, 0.25) is 0 Å². The fourth-order valence-corrected chi connectivity index (χ4v) is 11.2. The Hall–Kier alpha value is -4.31. The first-order valence-electron chi connectivity index (χ1n) is 39.7. The lowest BCUT2D eigenvalue weighted by Crippen LogP contribution is -2.44. The predicted octanol–water partition coefficient (Wildman–Crippen LogP) is 24.1. The van der Waals surface area contributed by atoms with Crippen LogP contribution in [0.15, 0.2) is 122 Å².